The van der Waals surface area contributed by atoms with Gasteiger partial charge in [-0.15, -0.1) is 0 Å². The molecule has 3 rings (SSSR count). The molecular formula is C15H24N6O. The minimum atomic E-state index is 0.0288. The summed E-state index contributed by atoms with van der Waals surface area (Å²) in [6, 6.07) is 0.0288. The molecule has 0 saturated carbocycles. The van der Waals surface area contributed by atoms with Crippen LogP contribution in [-0.4, -0.2) is 72.1 Å². The molecule has 0 bridgehead atoms. The number of hydrogen-bond acceptors (Lipinski definition) is 5. The predicted octanol–water partition coefficient (Wildman–Crippen LogP) is 0.253. The van der Waals surface area contributed by atoms with Gasteiger partial charge in [-0.05, 0) is 20.4 Å². The third kappa shape index (κ3) is 3.30. The summed E-state index contributed by atoms with van der Waals surface area (Å²) in [5.74, 6) is 1.75. The molecule has 2 N–H and O–H groups in total. The van der Waals surface area contributed by atoms with E-state index in [1.807, 2.05) is 11.8 Å². The Hall–Kier alpha value is -1.89. The molecule has 0 unspecified atom stereocenters. The van der Waals surface area contributed by atoms with Crippen molar-refractivity contribution in [3.8, 4) is 0 Å². The number of fused-ring (bicyclic) bond motifs is 1. The van der Waals surface area contributed by atoms with Gasteiger partial charge in [-0.1, -0.05) is 0 Å². The third-order valence-electron chi connectivity index (χ3n) is 4.30. The van der Waals surface area contributed by atoms with Crippen LogP contribution in [0.25, 0.3) is 0 Å². The van der Waals surface area contributed by atoms with Crippen LogP contribution in [0.5, 0.6) is 0 Å². The smallest absolute Gasteiger partial charge is 0.317 e. The zero-order chi connectivity index (χ0) is 15.5. The Kier molecular flexibility index (Phi) is 4.42. The first kappa shape index (κ1) is 15.0. The van der Waals surface area contributed by atoms with E-state index in [0.29, 0.717) is 13.1 Å². The van der Waals surface area contributed by atoms with E-state index in [1.54, 1.807) is 0 Å². The highest BCUT2D eigenvalue weighted by molar-refractivity contribution is 5.76. The number of aromatic nitrogens is 2. The summed E-state index contributed by atoms with van der Waals surface area (Å²) in [6.45, 7) is 6.95. The number of anilines is 1. The molecule has 7 heteroatoms. The molecule has 7 nitrogen and oxygen atoms in total. The Morgan fingerprint density at radius 3 is 2.82 bits per heavy atom. The lowest BCUT2D eigenvalue weighted by atomic mass is 10.1. The summed E-state index contributed by atoms with van der Waals surface area (Å²) in [5, 5.41) is 6.23. The number of carbonyl (C=O) groups is 1. The maximum Gasteiger partial charge on any atom is 0.317 e. The highest BCUT2D eigenvalue weighted by Crippen LogP contribution is 2.21. The molecule has 1 saturated heterocycles. The molecule has 1 aromatic heterocycles. The summed E-state index contributed by atoms with van der Waals surface area (Å²) in [5.41, 5.74) is 2.40. The zero-order valence-electron chi connectivity index (χ0n) is 13.4. The van der Waals surface area contributed by atoms with Gasteiger partial charge in [0.25, 0.3) is 0 Å². The Morgan fingerprint density at radius 1 is 1.23 bits per heavy atom. The summed E-state index contributed by atoms with van der Waals surface area (Å²) < 4.78 is 0. The van der Waals surface area contributed by atoms with Crippen molar-refractivity contribution >= 4 is 11.8 Å². The van der Waals surface area contributed by atoms with Gasteiger partial charge in [-0.25, -0.2) is 14.8 Å². The molecule has 0 aliphatic carbocycles. The summed E-state index contributed by atoms with van der Waals surface area (Å²) >= 11 is 0. The zero-order valence-corrected chi connectivity index (χ0v) is 13.4. The molecular weight excluding hydrogens is 280 g/mol. The van der Waals surface area contributed by atoms with Crippen LogP contribution in [0.4, 0.5) is 10.6 Å². The van der Waals surface area contributed by atoms with Crippen LogP contribution in [0, 0.1) is 6.92 Å². The number of likely N-dealkylation sites (N-methyl/N-ethyl adjacent to an activating group) is 1. The quantitative estimate of drug-likeness (QED) is 0.834. The highest BCUT2D eigenvalue weighted by atomic mass is 16.2. The van der Waals surface area contributed by atoms with Crippen molar-refractivity contribution in [3.63, 3.8) is 0 Å². The number of carbonyl (C=O) groups excluding carboxylic acids is 1. The first-order valence-electron chi connectivity index (χ1n) is 7.95. The lowest BCUT2D eigenvalue weighted by Crippen LogP contribution is -2.32. The maximum atomic E-state index is 11.5. The van der Waals surface area contributed by atoms with Crippen LogP contribution in [0.15, 0.2) is 0 Å². The average Bonchev–Trinajstić information content (AvgIpc) is 2.79. The number of amides is 2. The fraction of sp³-hybridized carbons (Fsp3) is 0.667. The van der Waals surface area contributed by atoms with E-state index in [1.165, 1.54) is 11.3 Å². The van der Waals surface area contributed by atoms with Crippen LogP contribution in [0.3, 0.4) is 0 Å². The minimum absolute atomic E-state index is 0.0288. The number of rotatable bonds is 4. The van der Waals surface area contributed by atoms with Gasteiger partial charge in [0.05, 0.1) is 5.69 Å². The average molecular weight is 304 g/mol. The van der Waals surface area contributed by atoms with E-state index in [9.17, 15) is 4.79 Å². The Bertz CT molecular complexity index is 561. The predicted molar refractivity (Wildman–Crippen MR) is 85.1 cm³/mol. The summed E-state index contributed by atoms with van der Waals surface area (Å²) in [7, 11) is 2.14. The topological polar surface area (TPSA) is 73.4 Å². The van der Waals surface area contributed by atoms with Gasteiger partial charge < -0.3 is 20.4 Å². The van der Waals surface area contributed by atoms with E-state index in [2.05, 4.69) is 32.5 Å². The minimum Gasteiger partial charge on any atom is -0.368 e. The van der Waals surface area contributed by atoms with Gasteiger partial charge in [0.2, 0.25) is 0 Å². The second kappa shape index (κ2) is 6.48. The van der Waals surface area contributed by atoms with E-state index in [4.69, 9.17) is 0 Å². The Labute approximate surface area is 131 Å². The number of urea groups is 1. The Balaban J connectivity index is 1.68. The molecule has 3 heterocycles. The van der Waals surface area contributed by atoms with Gasteiger partial charge >= 0.3 is 6.03 Å². The monoisotopic (exact) mass is 304 g/mol. The van der Waals surface area contributed by atoms with Crippen molar-refractivity contribution in [1.82, 2.24) is 25.1 Å². The summed E-state index contributed by atoms with van der Waals surface area (Å²) in [4.78, 5) is 24.9. The molecule has 0 aromatic carbocycles. The second-order valence-electron chi connectivity index (χ2n) is 5.99. The molecule has 1 fully saturated rings. The van der Waals surface area contributed by atoms with Crippen molar-refractivity contribution in [2.75, 3.05) is 51.6 Å². The molecule has 120 valence electrons. The lowest BCUT2D eigenvalue weighted by Gasteiger charge is -2.17. The number of nitrogens with zero attached hydrogens (tertiary/aromatic N) is 4. The van der Waals surface area contributed by atoms with Crippen molar-refractivity contribution in [3.05, 3.63) is 17.1 Å². The SMILES string of the molecule is Cc1nc2c(c(NCCN3CCNC3=O)n1)CCN(C)CC2. The Morgan fingerprint density at radius 2 is 2.05 bits per heavy atom. The van der Waals surface area contributed by atoms with Crippen molar-refractivity contribution < 1.29 is 4.79 Å². The molecule has 2 aliphatic heterocycles. The van der Waals surface area contributed by atoms with E-state index < -0.39 is 0 Å². The van der Waals surface area contributed by atoms with Gasteiger partial charge in [0.1, 0.15) is 11.6 Å². The standard InChI is InChI=1S/C15H24N6O/c1-11-18-13-4-8-20(2)7-3-12(13)14(19-11)16-5-9-21-10-6-17-15(21)22/h3-10H2,1-2H3,(H,17,22)(H,16,18,19). The van der Waals surface area contributed by atoms with Gasteiger partial charge in [0.15, 0.2) is 0 Å². The number of aryl methyl sites for hydroxylation is 1. The van der Waals surface area contributed by atoms with Crippen LogP contribution < -0.4 is 10.6 Å². The molecule has 1 aromatic rings. The largest absolute Gasteiger partial charge is 0.368 e. The van der Waals surface area contributed by atoms with Crippen molar-refractivity contribution in [1.29, 1.82) is 0 Å². The van der Waals surface area contributed by atoms with Crippen LogP contribution in [0.1, 0.15) is 17.1 Å². The first-order valence-corrected chi connectivity index (χ1v) is 7.95. The van der Waals surface area contributed by atoms with Crippen molar-refractivity contribution in [2.24, 2.45) is 0 Å². The highest BCUT2D eigenvalue weighted by Gasteiger charge is 2.20. The van der Waals surface area contributed by atoms with Crippen LogP contribution in [0.2, 0.25) is 0 Å². The van der Waals surface area contributed by atoms with E-state index in [-0.39, 0.29) is 6.03 Å². The maximum absolute atomic E-state index is 11.5. The second-order valence-corrected chi connectivity index (χ2v) is 5.99. The van der Waals surface area contributed by atoms with E-state index >= 15 is 0 Å². The molecule has 2 aliphatic rings. The summed E-state index contributed by atoms with van der Waals surface area (Å²) in [6.07, 6.45) is 1.94. The molecule has 0 spiro atoms. The molecule has 2 amide bonds. The molecule has 0 atom stereocenters. The van der Waals surface area contributed by atoms with Gasteiger partial charge in [-0.2, -0.15) is 0 Å². The van der Waals surface area contributed by atoms with Crippen LogP contribution in [-0.2, 0) is 12.8 Å². The van der Waals surface area contributed by atoms with Gasteiger partial charge in [0, 0.05) is 51.3 Å². The van der Waals surface area contributed by atoms with Crippen molar-refractivity contribution in [2.45, 2.75) is 19.8 Å². The molecule has 0 radical (unpaired) electrons. The number of hydrogen-bond donors (Lipinski definition) is 2. The van der Waals surface area contributed by atoms with E-state index in [0.717, 1.165) is 50.7 Å². The van der Waals surface area contributed by atoms with Crippen LogP contribution >= 0.6 is 0 Å². The lowest BCUT2D eigenvalue weighted by molar-refractivity contribution is 0.219. The fourth-order valence-corrected chi connectivity index (χ4v) is 3.01. The van der Waals surface area contributed by atoms with Gasteiger partial charge in [-0.3, -0.25) is 0 Å². The first-order chi connectivity index (χ1) is 10.6. The molecule has 22 heavy (non-hydrogen) atoms. The number of nitrogens with one attached hydrogen (secondary N) is 2. The fourth-order valence-electron chi connectivity index (χ4n) is 3.01. The normalized spacial score (nSPS) is 18.8. The third-order valence-corrected chi connectivity index (χ3v) is 4.30.